The van der Waals surface area contributed by atoms with Crippen molar-refractivity contribution in [1.82, 2.24) is 0 Å². The van der Waals surface area contributed by atoms with Crippen molar-refractivity contribution < 1.29 is 17.9 Å². The molecular formula is C15H18N2O4S2. The Kier molecular flexibility index (Phi) is 5.08. The Bertz CT molecular complexity index is 841. The van der Waals surface area contributed by atoms with Gasteiger partial charge in [-0.2, -0.15) is 0 Å². The summed E-state index contributed by atoms with van der Waals surface area (Å²) in [6, 6.07) is 5.90. The highest BCUT2D eigenvalue weighted by Crippen LogP contribution is 2.29. The molecule has 0 saturated carbocycles. The van der Waals surface area contributed by atoms with Gasteiger partial charge in [-0.1, -0.05) is 6.92 Å². The summed E-state index contributed by atoms with van der Waals surface area (Å²) in [6.07, 6.45) is 0.847. The van der Waals surface area contributed by atoms with Crippen LogP contribution >= 0.6 is 11.3 Å². The van der Waals surface area contributed by atoms with Gasteiger partial charge in [-0.05, 0) is 43.2 Å². The molecular weight excluding hydrogens is 336 g/mol. The molecule has 23 heavy (non-hydrogen) atoms. The average Bonchev–Trinajstić information content (AvgIpc) is 2.87. The summed E-state index contributed by atoms with van der Waals surface area (Å²) in [5.74, 6) is 0.0393. The second-order valence-electron chi connectivity index (χ2n) is 4.91. The number of hydrogen-bond acceptors (Lipinski definition) is 5. The number of carbonyl (C=O) groups excluding carboxylic acids is 1. The van der Waals surface area contributed by atoms with Crippen LogP contribution in [0.3, 0.4) is 0 Å². The van der Waals surface area contributed by atoms with Crippen LogP contribution < -0.4 is 15.2 Å². The third-order valence-electron chi connectivity index (χ3n) is 3.37. The van der Waals surface area contributed by atoms with E-state index in [-0.39, 0.29) is 16.5 Å². The Morgan fingerprint density at radius 2 is 2.04 bits per heavy atom. The van der Waals surface area contributed by atoms with E-state index in [4.69, 9.17) is 9.88 Å². The summed E-state index contributed by atoms with van der Waals surface area (Å²) in [5, 5.41) is 7.80. The lowest BCUT2D eigenvalue weighted by molar-refractivity contribution is 0.103. The first-order valence-electron chi connectivity index (χ1n) is 6.87. The van der Waals surface area contributed by atoms with E-state index in [2.05, 4.69) is 5.32 Å². The van der Waals surface area contributed by atoms with Gasteiger partial charge in [0.25, 0.3) is 5.91 Å². The number of thiophene rings is 1. The summed E-state index contributed by atoms with van der Waals surface area (Å²) in [5.41, 5.74) is 1.37. The minimum atomic E-state index is -3.86. The highest BCUT2D eigenvalue weighted by atomic mass is 32.2. The van der Waals surface area contributed by atoms with Gasteiger partial charge in [0.05, 0.1) is 22.6 Å². The van der Waals surface area contributed by atoms with Crippen LogP contribution in [0.15, 0.2) is 29.2 Å². The fourth-order valence-corrected chi connectivity index (χ4v) is 3.68. The van der Waals surface area contributed by atoms with Gasteiger partial charge < -0.3 is 10.1 Å². The summed E-state index contributed by atoms with van der Waals surface area (Å²) in [7, 11) is -2.42. The number of amides is 1. The van der Waals surface area contributed by atoms with Gasteiger partial charge >= 0.3 is 0 Å². The van der Waals surface area contributed by atoms with Crippen molar-refractivity contribution >= 4 is 33.0 Å². The zero-order valence-corrected chi connectivity index (χ0v) is 14.7. The van der Waals surface area contributed by atoms with Crippen molar-refractivity contribution in [2.24, 2.45) is 5.14 Å². The van der Waals surface area contributed by atoms with Gasteiger partial charge in [-0.3, -0.25) is 4.79 Å². The smallest absolute Gasteiger partial charge is 0.265 e. The van der Waals surface area contributed by atoms with Crippen LogP contribution in [0.25, 0.3) is 0 Å². The fraction of sp³-hybridized carbons (Fsp3) is 0.267. The number of rotatable bonds is 5. The van der Waals surface area contributed by atoms with Crippen LogP contribution in [0.2, 0.25) is 0 Å². The van der Waals surface area contributed by atoms with Crippen molar-refractivity contribution in [1.29, 1.82) is 0 Å². The number of nitrogens with two attached hydrogens (primary N) is 1. The Labute approximate surface area is 139 Å². The molecule has 1 heterocycles. The van der Waals surface area contributed by atoms with Crippen molar-refractivity contribution in [3.05, 3.63) is 39.6 Å². The van der Waals surface area contributed by atoms with Crippen LogP contribution in [-0.2, 0) is 16.4 Å². The van der Waals surface area contributed by atoms with E-state index < -0.39 is 10.0 Å². The Morgan fingerprint density at radius 3 is 2.57 bits per heavy atom. The molecule has 124 valence electrons. The van der Waals surface area contributed by atoms with Crippen LogP contribution in [-0.4, -0.2) is 21.4 Å². The molecule has 0 aliphatic rings. The number of ether oxygens (including phenoxy) is 1. The van der Waals surface area contributed by atoms with E-state index >= 15 is 0 Å². The number of aryl methyl sites for hydroxylation is 2. The summed E-state index contributed by atoms with van der Waals surface area (Å²) in [4.78, 5) is 13.9. The lowest BCUT2D eigenvalue weighted by Crippen LogP contribution is -2.15. The van der Waals surface area contributed by atoms with E-state index in [1.54, 1.807) is 0 Å². The average molecular weight is 354 g/mol. The standard InChI is InChI=1S/C15H18N2O4S2/c1-4-10-7-14(22-9(10)2)15(18)17-12-8-11(23(16,19)20)5-6-13(12)21-3/h5-8H,4H2,1-3H3,(H,17,18)(H2,16,19,20). The van der Waals surface area contributed by atoms with Crippen molar-refractivity contribution in [2.45, 2.75) is 25.2 Å². The quantitative estimate of drug-likeness (QED) is 0.862. The van der Waals surface area contributed by atoms with Crippen LogP contribution in [0, 0.1) is 6.92 Å². The second-order valence-corrected chi connectivity index (χ2v) is 7.72. The molecule has 0 saturated heterocycles. The van der Waals surface area contributed by atoms with Crippen molar-refractivity contribution in [2.75, 3.05) is 12.4 Å². The minimum Gasteiger partial charge on any atom is -0.495 e. The Hall–Kier alpha value is -1.90. The number of methoxy groups -OCH3 is 1. The maximum Gasteiger partial charge on any atom is 0.265 e. The number of benzene rings is 1. The molecule has 0 spiro atoms. The summed E-state index contributed by atoms with van der Waals surface area (Å²) < 4.78 is 28.1. The number of primary sulfonamides is 1. The SMILES string of the molecule is CCc1cc(C(=O)Nc2cc(S(N)(=O)=O)ccc2OC)sc1C. The van der Waals surface area contributed by atoms with Crippen molar-refractivity contribution in [3.63, 3.8) is 0 Å². The molecule has 0 atom stereocenters. The molecule has 2 rings (SSSR count). The molecule has 0 radical (unpaired) electrons. The van der Waals surface area contributed by atoms with Gasteiger partial charge in [-0.25, -0.2) is 13.6 Å². The van der Waals surface area contributed by atoms with Crippen LogP contribution in [0.4, 0.5) is 5.69 Å². The second kappa shape index (κ2) is 6.69. The van der Waals surface area contributed by atoms with Gasteiger partial charge in [0.2, 0.25) is 10.0 Å². The lowest BCUT2D eigenvalue weighted by atomic mass is 10.2. The summed E-state index contributed by atoms with van der Waals surface area (Å²) >= 11 is 1.39. The predicted molar refractivity (Wildman–Crippen MR) is 90.8 cm³/mol. The number of carbonyl (C=O) groups is 1. The Morgan fingerprint density at radius 1 is 1.35 bits per heavy atom. The largest absolute Gasteiger partial charge is 0.495 e. The normalized spacial score (nSPS) is 11.3. The molecule has 1 aromatic carbocycles. The van der Waals surface area contributed by atoms with Gasteiger partial charge in [0.15, 0.2) is 0 Å². The molecule has 0 fully saturated rings. The molecule has 3 N–H and O–H groups in total. The first kappa shape index (κ1) is 17.5. The van der Waals surface area contributed by atoms with Crippen LogP contribution in [0.5, 0.6) is 5.75 Å². The number of nitrogens with one attached hydrogen (secondary N) is 1. The Balaban J connectivity index is 2.35. The van der Waals surface area contributed by atoms with E-state index in [0.717, 1.165) is 16.9 Å². The van der Waals surface area contributed by atoms with E-state index in [0.29, 0.717) is 10.6 Å². The molecule has 1 aromatic heterocycles. The molecule has 6 nitrogen and oxygen atoms in total. The number of anilines is 1. The van der Waals surface area contributed by atoms with Crippen molar-refractivity contribution in [3.8, 4) is 5.75 Å². The fourth-order valence-electron chi connectivity index (χ4n) is 2.13. The molecule has 8 heteroatoms. The van der Waals surface area contributed by atoms with Gasteiger partial charge in [-0.15, -0.1) is 11.3 Å². The van der Waals surface area contributed by atoms with Gasteiger partial charge in [0.1, 0.15) is 5.75 Å². The molecule has 0 aliphatic heterocycles. The predicted octanol–water partition coefficient (Wildman–Crippen LogP) is 2.53. The highest BCUT2D eigenvalue weighted by Gasteiger charge is 2.16. The maximum absolute atomic E-state index is 12.4. The summed E-state index contributed by atoms with van der Waals surface area (Å²) in [6.45, 7) is 3.98. The zero-order chi connectivity index (χ0) is 17.2. The number of hydrogen-bond donors (Lipinski definition) is 2. The van der Waals surface area contributed by atoms with Gasteiger partial charge in [0, 0.05) is 4.88 Å². The third-order valence-corrected chi connectivity index (χ3v) is 5.38. The molecule has 0 bridgehead atoms. The molecule has 0 unspecified atom stereocenters. The third kappa shape index (κ3) is 3.90. The lowest BCUT2D eigenvalue weighted by Gasteiger charge is -2.11. The topological polar surface area (TPSA) is 98.5 Å². The van der Waals surface area contributed by atoms with E-state index in [1.165, 1.54) is 36.6 Å². The minimum absolute atomic E-state index is 0.0924. The first-order chi connectivity index (χ1) is 10.8. The van der Waals surface area contributed by atoms with E-state index in [9.17, 15) is 13.2 Å². The molecule has 2 aromatic rings. The maximum atomic E-state index is 12.4. The molecule has 1 amide bonds. The number of sulfonamides is 1. The van der Waals surface area contributed by atoms with Crippen LogP contribution in [0.1, 0.15) is 27.0 Å². The highest BCUT2D eigenvalue weighted by molar-refractivity contribution is 7.89. The first-order valence-corrected chi connectivity index (χ1v) is 9.24. The zero-order valence-electron chi connectivity index (χ0n) is 13.0. The monoisotopic (exact) mass is 354 g/mol. The molecule has 0 aliphatic carbocycles. The van der Waals surface area contributed by atoms with E-state index in [1.807, 2.05) is 19.9 Å².